The second-order valence-electron chi connectivity index (χ2n) is 4.55. The predicted octanol–water partition coefficient (Wildman–Crippen LogP) is 0.422. The van der Waals surface area contributed by atoms with Crippen molar-refractivity contribution < 1.29 is 23.1 Å². The number of hydrogen-bond acceptors (Lipinski definition) is 5. The number of morpholine rings is 1. The van der Waals surface area contributed by atoms with Gasteiger partial charge < -0.3 is 9.84 Å². The number of sulfonamides is 1. The van der Waals surface area contributed by atoms with E-state index in [2.05, 4.69) is 0 Å². The van der Waals surface area contributed by atoms with Crippen LogP contribution in [0.3, 0.4) is 0 Å². The quantitative estimate of drug-likeness (QED) is 0.863. The molecule has 0 aromatic heterocycles. The minimum Gasteiger partial charge on any atom is -0.481 e. The van der Waals surface area contributed by atoms with Crippen LogP contribution in [0.25, 0.3) is 0 Å². The maximum Gasteiger partial charge on any atom is 0.305 e. The van der Waals surface area contributed by atoms with Crippen molar-refractivity contribution in [3.8, 4) is 6.07 Å². The summed E-state index contributed by atoms with van der Waals surface area (Å²) in [5.74, 6) is -1.10. The topological polar surface area (TPSA) is 108 Å². The first-order chi connectivity index (χ1) is 9.96. The zero-order valence-corrected chi connectivity index (χ0v) is 11.9. The van der Waals surface area contributed by atoms with Gasteiger partial charge in [-0.2, -0.15) is 9.57 Å². The number of hydrogen-bond donors (Lipinski definition) is 1. The van der Waals surface area contributed by atoms with E-state index in [1.807, 2.05) is 6.07 Å². The van der Waals surface area contributed by atoms with E-state index in [-0.39, 0.29) is 36.6 Å². The van der Waals surface area contributed by atoms with Crippen molar-refractivity contribution in [2.24, 2.45) is 0 Å². The highest BCUT2D eigenvalue weighted by atomic mass is 32.2. The number of ether oxygens (including phenoxy) is 1. The van der Waals surface area contributed by atoms with E-state index < -0.39 is 22.0 Å². The molecule has 1 aliphatic rings. The van der Waals surface area contributed by atoms with Gasteiger partial charge in [-0.15, -0.1) is 0 Å². The first-order valence-corrected chi connectivity index (χ1v) is 7.71. The minimum absolute atomic E-state index is 0.0280. The lowest BCUT2D eigenvalue weighted by atomic mass is 10.2. The molecule has 1 aromatic rings. The average molecular weight is 310 g/mol. The summed E-state index contributed by atoms with van der Waals surface area (Å²) in [5.41, 5.74) is 0.0399. The van der Waals surface area contributed by atoms with Crippen LogP contribution in [0.1, 0.15) is 12.0 Å². The highest BCUT2D eigenvalue weighted by molar-refractivity contribution is 7.89. The third-order valence-corrected chi connectivity index (χ3v) is 5.19. The molecular formula is C13H14N2O5S. The lowest BCUT2D eigenvalue weighted by molar-refractivity contribution is -0.139. The van der Waals surface area contributed by atoms with Crippen LogP contribution in [-0.4, -0.2) is 49.6 Å². The molecule has 1 fully saturated rings. The molecule has 0 spiro atoms. The van der Waals surface area contributed by atoms with Gasteiger partial charge in [0.05, 0.1) is 36.1 Å². The van der Waals surface area contributed by atoms with E-state index in [0.29, 0.717) is 0 Å². The van der Waals surface area contributed by atoms with Gasteiger partial charge in [0.25, 0.3) is 0 Å². The Bertz CT molecular complexity index is 680. The molecule has 0 bridgehead atoms. The zero-order valence-electron chi connectivity index (χ0n) is 11.1. The summed E-state index contributed by atoms with van der Waals surface area (Å²) >= 11 is 0. The van der Waals surface area contributed by atoms with Crippen LogP contribution in [0.4, 0.5) is 0 Å². The van der Waals surface area contributed by atoms with Crippen molar-refractivity contribution >= 4 is 16.0 Å². The summed E-state index contributed by atoms with van der Waals surface area (Å²) in [6.07, 6.45) is -0.339. The van der Waals surface area contributed by atoms with Gasteiger partial charge in [-0.25, -0.2) is 8.42 Å². The molecular weight excluding hydrogens is 296 g/mol. The number of carboxylic acid groups (broad SMARTS) is 1. The summed E-state index contributed by atoms with van der Waals surface area (Å²) in [7, 11) is -3.93. The van der Waals surface area contributed by atoms with Crippen molar-refractivity contribution in [2.75, 3.05) is 19.8 Å². The van der Waals surface area contributed by atoms with Gasteiger partial charge >= 0.3 is 5.97 Å². The molecule has 1 N–H and O–H groups in total. The van der Waals surface area contributed by atoms with Crippen LogP contribution >= 0.6 is 0 Å². The van der Waals surface area contributed by atoms with E-state index in [0.717, 1.165) is 4.31 Å². The Morgan fingerprint density at radius 2 is 2.19 bits per heavy atom. The van der Waals surface area contributed by atoms with Crippen LogP contribution in [0, 0.1) is 11.3 Å². The number of carbonyl (C=O) groups is 1. The molecule has 112 valence electrons. The minimum atomic E-state index is -3.93. The summed E-state index contributed by atoms with van der Waals surface area (Å²) in [5, 5.41) is 17.9. The smallest absolute Gasteiger partial charge is 0.305 e. The van der Waals surface area contributed by atoms with E-state index in [9.17, 15) is 13.2 Å². The molecule has 0 radical (unpaired) electrons. The van der Waals surface area contributed by atoms with E-state index in [1.54, 1.807) is 6.07 Å². The third kappa shape index (κ3) is 3.21. The lowest BCUT2D eigenvalue weighted by Crippen LogP contribution is -2.49. The Hall–Kier alpha value is -1.95. The van der Waals surface area contributed by atoms with Gasteiger partial charge in [0.15, 0.2) is 0 Å². The first-order valence-electron chi connectivity index (χ1n) is 6.27. The molecule has 1 aromatic carbocycles. The molecule has 21 heavy (non-hydrogen) atoms. The van der Waals surface area contributed by atoms with Gasteiger partial charge in [0, 0.05) is 6.54 Å². The summed E-state index contributed by atoms with van der Waals surface area (Å²) < 4.78 is 31.6. The number of benzene rings is 1. The zero-order chi connectivity index (χ0) is 15.5. The highest BCUT2D eigenvalue weighted by Crippen LogP contribution is 2.24. The van der Waals surface area contributed by atoms with Gasteiger partial charge in [0.1, 0.15) is 6.07 Å². The van der Waals surface area contributed by atoms with E-state index in [4.69, 9.17) is 15.1 Å². The van der Waals surface area contributed by atoms with Gasteiger partial charge in [-0.1, -0.05) is 12.1 Å². The number of nitrogens with zero attached hydrogens (tertiary/aromatic N) is 2. The average Bonchev–Trinajstić information content (AvgIpc) is 2.47. The van der Waals surface area contributed by atoms with Crippen molar-refractivity contribution in [1.82, 2.24) is 4.31 Å². The molecule has 2 rings (SSSR count). The Kier molecular flexibility index (Phi) is 4.57. The summed E-state index contributed by atoms with van der Waals surface area (Å²) in [6.45, 7) is 0.296. The normalized spacial score (nSPS) is 19.9. The van der Waals surface area contributed by atoms with Crippen molar-refractivity contribution in [3.05, 3.63) is 29.8 Å². The SMILES string of the molecule is N#Cc1ccccc1S(=O)(=O)N1CCOCC1CC(=O)O. The predicted molar refractivity (Wildman–Crippen MR) is 71.9 cm³/mol. The largest absolute Gasteiger partial charge is 0.481 e. The number of carboxylic acids is 1. The molecule has 1 aliphatic heterocycles. The Morgan fingerprint density at radius 3 is 2.86 bits per heavy atom. The third-order valence-electron chi connectivity index (χ3n) is 3.18. The lowest BCUT2D eigenvalue weighted by Gasteiger charge is -2.33. The van der Waals surface area contributed by atoms with Crippen LogP contribution in [-0.2, 0) is 19.6 Å². The van der Waals surface area contributed by atoms with Gasteiger partial charge in [0.2, 0.25) is 10.0 Å². The Labute approximate surface area is 122 Å². The number of aliphatic carboxylic acids is 1. The van der Waals surface area contributed by atoms with Crippen molar-refractivity contribution in [2.45, 2.75) is 17.4 Å². The second kappa shape index (κ2) is 6.22. The van der Waals surface area contributed by atoms with E-state index in [1.165, 1.54) is 18.2 Å². The molecule has 1 atom stereocenters. The van der Waals surface area contributed by atoms with Crippen LogP contribution in [0.2, 0.25) is 0 Å². The monoisotopic (exact) mass is 310 g/mol. The fourth-order valence-electron chi connectivity index (χ4n) is 2.23. The highest BCUT2D eigenvalue weighted by Gasteiger charge is 2.36. The standard InChI is InChI=1S/C13H14N2O5S/c14-8-10-3-1-2-4-12(10)21(18,19)15-5-6-20-9-11(15)7-13(16)17/h1-4,11H,5-7,9H2,(H,16,17). The molecule has 1 unspecified atom stereocenters. The maximum atomic E-state index is 12.7. The summed E-state index contributed by atoms with van der Waals surface area (Å²) in [4.78, 5) is 10.8. The fourth-order valence-corrected chi connectivity index (χ4v) is 3.97. The fraction of sp³-hybridized carbons (Fsp3) is 0.385. The van der Waals surface area contributed by atoms with Gasteiger partial charge in [-0.05, 0) is 12.1 Å². The van der Waals surface area contributed by atoms with Crippen LogP contribution in [0.5, 0.6) is 0 Å². The van der Waals surface area contributed by atoms with Crippen LogP contribution < -0.4 is 0 Å². The Morgan fingerprint density at radius 1 is 1.48 bits per heavy atom. The number of nitriles is 1. The molecule has 0 saturated carbocycles. The second-order valence-corrected chi connectivity index (χ2v) is 6.41. The molecule has 7 nitrogen and oxygen atoms in total. The molecule has 1 heterocycles. The maximum absolute atomic E-state index is 12.7. The first kappa shape index (κ1) is 15.4. The van der Waals surface area contributed by atoms with E-state index >= 15 is 0 Å². The van der Waals surface area contributed by atoms with Crippen LogP contribution in [0.15, 0.2) is 29.2 Å². The molecule has 0 amide bonds. The molecule has 0 aliphatic carbocycles. The van der Waals surface area contributed by atoms with Gasteiger partial charge in [-0.3, -0.25) is 4.79 Å². The molecule has 1 saturated heterocycles. The van der Waals surface area contributed by atoms with Crippen molar-refractivity contribution in [3.63, 3.8) is 0 Å². The summed E-state index contributed by atoms with van der Waals surface area (Å²) in [6, 6.07) is 6.94. The molecule has 8 heteroatoms. The Balaban J connectivity index is 2.41. The number of rotatable bonds is 4. The van der Waals surface area contributed by atoms with Crippen molar-refractivity contribution in [1.29, 1.82) is 5.26 Å².